The summed E-state index contributed by atoms with van der Waals surface area (Å²) < 4.78 is 75.6. The summed E-state index contributed by atoms with van der Waals surface area (Å²) >= 11 is 0. The highest BCUT2D eigenvalue weighted by molar-refractivity contribution is 5.49. The van der Waals surface area contributed by atoms with E-state index in [9.17, 15) is 26.3 Å². The topological polar surface area (TPSA) is 49.8 Å². The van der Waals surface area contributed by atoms with Crippen LogP contribution in [0.1, 0.15) is 22.3 Å². The van der Waals surface area contributed by atoms with Crippen LogP contribution in [0.5, 0.6) is 0 Å². The van der Waals surface area contributed by atoms with Crippen LogP contribution in [0, 0.1) is 11.3 Å². The second kappa shape index (κ2) is 4.49. The van der Waals surface area contributed by atoms with Crippen LogP contribution in [0.25, 0.3) is 0 Å². The maximum atomic E-state index is 12.7. The van der Waals surface area contributed by atoms with Crippen LogP contribution >= 0.6 is 0 Å². The molecule has 98 valence electrons. The summed E-state index contributed by atoms with van der Waals surface area (Å²) in [6, 6.07) is 2.13. The number of nitrogens with zero attached hydrogens (tertiary/aromatic N) is 1. The standard InChI is InChI=1S/C10H6F6N2/c11-9(12,13)7-2-1-5(3-17)8(6(7)4-18)10(14,15)16/h1-2H,4,18H2. The van der Waals surface area contributed by atoms with Gasteiger partial charge in [-0.1, -0.05) is 0 Å². The molecule has 2 nitrogen and oxygen atoms in total. The SMILES string of the molecule is N#Cc1ccc(C(F)(F)F)c(CN)c1C(F)(F)F. The van der Waals surface area contributed by atoms with Gasteiger partial charge in [-0.2, -0.15) is 31.6 Å². The van der Waals surface area contributed by atoms with Crippen molar-refractivity contribution in [2.45, 2.75) is 18.9 Å². The van der Waals surface area contributed by atoms with Crippen molar-refractivity contribution in [3.05, 3.63) is 34.4 Å². The molecule has 18 heavy (non-hydrogen) atoms. The monoisotopic (exact) mass is 268 g/mol. The van der Waals surface area contributed by atoms with E-state index in [4.69, 9.17) is 11.0 Å². The van der Waals surface area contributed by atoms with Crippen molar-refractivity contribution in [2.24, 2.45) is 5.73 Å². The predicted octanol–water partition coefficient (Wildman–Crippen LogP) is 3.05. The van der Waals surface area contributed by atoms with E-state index in [1.165, 1.54) is 6.07 Å². The molecule has 0 saturated carbocycles. The van der Waals surface area contributed by atoms with E-state index in [0.29, 0.717) is 12.1 Å². The van der Waals surface area contributed by atoms with Gasteiger partial charge in [-0.25, -0.2) is 0 Å². The number of rotatable bonds is 1. The lowest BCUT2D eigenvalue weighted by atomic mass is 9.95. The van der Waals surface area contributed by atoms with Crippen molar-refractivity contribution >= 4 is 0 Å². The Morgan fingerprint density at radius 1 is 1.06 bits per heavy atom. The Balaban J connectivity index is 3.71. The smallest absolute Gasteiger partial charge is 0.326 e. The van der Waals surface area contributed by atoms with E-state index in [-0.39, 0.29) is 0 Å². The molecule has 0 amide bonds. The molecule has 0 bridgehead atoms. The minimum absolute atomic E-state index is 0.427. The van der Waals surface area contributed by atoms with Gasteiger partial charge in [0.2, 0.25) is 0 Å². The molecule has 1 aromatic rings. The first-order chi connectivity index (χ1) is 8.12. The number of alkyl halides is 6. The van der Waals surface area contributed by atoms with E-state index < -0.39 is 41.2 Å². The molecule has 0 heterocycles. The van der Waals surface area contributed by atoms with Gasteiger partial charge in [0.25, 0.3) is 0 Å². The Bertz CT molecular complexity index is 495. The molecule has 0 aliphatic heterocycles. The van der Waals surface area contributed by atoms with Gasteiger partial charge < -0.3 is 5.73 Å². The summed E-state index contributed by atoms with van der Waals surface area (Å²) in [4.78, 5) is 0. The first-order valence-electron chi connectivity index (χ1n) is 4.53. The third-order valence-corrected chi connectivity index (χ3v) is 2.23. The fourth-order valence-corrected chi connectivity index (χ4v) is 1.54. The fourth-order valence-electron chi connectivity index (χ4n) is 1.54. The van der Waals surface area contributed by atoms with E-state index in [0.717, 1.165) is 0 Å². The molecule has 1 aromatic carbocycles. The minimum atomic E-state index is -5.07. The second-order valence-electron chi connectivity index (χ2n) is 3.33. The first kappa shape index (κ1) is 14.3. The third-order valence-electron chi connectivity index (χ3n) is 2.23. The zero-order valence-electron chi connectivity index (χ0n) is 8.65. The summed E-state index contributed by atoms with van der Waals surface area (Å²) in [6.45, 7) is -0.959. The van der Waals surface area contributed by atoms with Crippen LogP contribution in [-0.2, 0) is 18.9 Å². The molecule has 0 fully saturated rings. The normalized spacial score (nSPS) is 12.3. The molecule has 1 rings (SSSR count). The number of benzene rings is 1. The second-order valence-corrected chi connectivity index (χ2v) is 3.33. The van der Waals surface area contributed by atoms with Gasteiger partial charge in [0.05, 0.1) is 22.8 Å². The van der Waals surface area contributed by atoms with Crippen LogP contribution in [0.15, 0.2) is 12.1 Å². The van der Waals surface area contributed by atoms with E-state index >= 15 is 0 Å². The maximum Gasteiger partial charge on any atom is 0.418 e. The predicted molar refractivity (Wildman–Crippen MR) is 49.1 cm³/mol. The zero-order valence-corrected chi connectivity index (χ0v) is 8.65. The van der Waals surface area contributed by atoms with Gasteiger partial charge in [-0.15, -0.1) is 0 Å². The lowest BCUT2D eigenvalue weighted by molar-refractivity contribution is -0.144. The molecule has 0 spiro atoms. The highest BCUT2D eigenvalue weighted by Gasteiger charge is 2.42. The molecule has 0 atom stereocenters. The van der Waals surface area contributed by atoms with Crippen LogP contribution in [-0.4, -0.2) is 0 Å². The van der Waals surface area contributed by atoms with E-state index in [2.05, 4.69) is 0 Å². The number of hydrogen-bond acceptors (Lipinski definition) is 2. The average Bonchev–Trinajstić information content (AvgIpc) is 2.24. The van der Waals surface area contributed by atoms with Crippen molar-refractivity contribution in [3.63, 3.8) is 0 Å². The van der Waals surface area contributed by atoms with E-state index in [1.54, 1.807) is 0 Å². The Hall–Kier alpha value is -1.75. The van der Waals surface area contributed by atoms with Crippen LogP contribution < -0.4 is 5.73 Å². The summed E-state index contributed by atoms with van der Waals surface area (Å²) in [6.07, 6.45) is -10.0. The lowest BCUT2D eigenvalue weighted by Crippen LogP contribution is -2.20. The van der Waals surface area contributed by atoms with Gasteiger partial charge in [0, 0.05) is 6.54 Å². The molecular formula is C10H6F6N2. The van der Waals surface area contributed by atoms with Crippen molar-refractivity contribution < 1.29 is 26.3 Å². The Morgan fingerprint density at radius 2 is 1.61 bits per heavy atom. The maximum absolute atomic E-state index is 12.7. The molecule has 8 heteroatoms. The summed E-state index contributed by atoms with van der Waals surface area (Å²) in [5, 5.41) is 8.52. The lowest BCUT2D eigenvalue weighted by Gasteiger charge is -2.18. The van der Waals surface area contributed by atoms with Gasteiger partial charge in [0.1, 0.15) is 0 Å². The Morgan fingerprint density at radius 3 is 1.94 bits per heavy atom. The molecule has 0 aliphatic carbocycles. The largest absolute Gasteiger partial charge is 0.418 e. The summed E-state index contributed by atoms with van der Waals surface area (Å²) in [7, 11) is 0. The Kier molecular flexibility index (Phi) is 3.57. The molecule has 0 aliphatic rings. The number of halogens is 6. The number of nitrogens with two attached hydrogens (primary N) is 1. The van der Waals surface area contributed by atoms with Gasteiger partial charge in [-0.05, 0) is 17.7 Å². The summed E-state index contributed by atoms with van der Waals surface area (Å²) in [5.41, 5.74) is -0.135. The van der Waals surface area contributed by atoms with E-state index in [1.807, 2.05) is 0 Å². The number of hydrogen-bond donors (Lipinski definition) is 1. The van der Waals surface area contributed by atoms with Gasteiger partial charge in [-0.3, -0.25) is 0 Å². The molecule has 0 radical (unpaired) electrons. The highest BCUT2D eigenvalue weighted by atomic mass is 19.4. The molecule has 0 unspecified atom stereocenters. The molecule has 0 aromatic heterocycles. The minimum Gasteiger partial charge on any atom is -0.326 e. The van der Waals surface area contributed by atoms with Gasteiger partial charge >= 0.3 is 12.4 Å². The van der Waals surface area contributed by atoms with Crippen molar-refractivity contribution in [1.82, 2.24) is 0 Å². The molecular weight excluding hydrogens is 262 g/mol. The summed E-state index contributed by atoms with van der Waals surface area (Å²) in [5.74, 6) is 0. The average molecular weight is 268 g/mol. The molecule has 2 N–H and O–H groups in total. The fraction of sp³-hybridized carbons (Fsp3) is 0.300. The van der Waals surface area contributed by atoms with Crippen LogP contribution in [0.2, 0.25) is 0 Å². The zero-order chi connectivity index (χ0) is 14.1. The Labute approximate surface area is 97.6 Å². The van der Waals surface area contributed by atoms with Crippen LogP contribution in [0.3, 0.4) is 0 Å². The first-order valence-corrected chi connectivity index (χ1v) is 4.53. The van der Waals surface area contributed by atoms with Crippen molar-refractivity contribution in [3.8, 4) is 6.07 Å². The third kappa shape index (κ3) is 2.56. The van der Waals surface area contributed by atoms with Crippen molar-refractivity contribution in [1.29, 1.82) is 5.26 Å². The quantitative estimate of drug-likeness (QED) is 0.796. The highest BCUT2D eigenvalue weighted by Crippen LogP contribution is 2.40. The molecule has 0 saturated heterocycles. The van der Waals surface area contributed by atoms with Gasteiger partial charge in [0.15, 0.2) is 0 Å². The van der Waals surface area contributed by atoms with Crippen molar-refractivity contribution in [2.75, 3.05) is 0 Å². The number of nitriles is 1. The van der Waals surface area contributed by atoms with Crippen LogP contribution in [0.4, 0.5) is 26.3 Å².